The Morgan fingerprint density at radius 2 is 2.38 bits per heavy atom. The maximum Gasteiger partial charge on any atom is 0.150 e. The van der Waals surface area contributed by atoms with Gasteiger partial charge < -0.3 is 16.2 Å². The number of nitrogens with zero attached hydrogens (tertiary/aromatic N) is 2. The first-order valence-corrected chi connectivity index (χ1v) is 5.25. The lowest BCUT2D eigenvalue weighted by Crippen LogP contribution is -2.43. The molecule has 0 saturated heterocycles. The van der Waals surface area contributed by atoms with E-state index in [4.69, 9.17) is 11.0 Å². The van der Waals surface area contributed by atoms with Gasteiger partial charge in [-0.3, -0.25) is 0 Å². The highest BCUT2D eigenvalue weighted by Crippen LogP contribution is 2.32. The van der Waals surface area contributed by atoms with Crippen molar-refractivity contribution >= 4 is 11.5 Å². The number of nitrogens with two attached hydrogens (primary N) is 1. The van der Waals surface area contributed by atoms with E-state index in [2.05, 4.69) is 10.3 Å². The SMILES string of the molecule is N#Cc1ccnc(NCC2(O)CCC2)c1N. The maximum absolute atomic E-state index is 9.89. The van der Waals surface area contributed by atoms with E-state index in [1.165, 1.54) is 6.20 Å². The number of nitriles is 1. The zero-order chi connectivity index (χ0) is 11.6. The second-order valence-electron chi connectivity index (χ2n) is 4.16. The molecule has 1 fully saturated rings. The molecule has 84 valence electrons. The van der Waals surface area contributed by atoms with E-state index in [0.29, 0.717) is 23.6 Å². The van der Waals surface area contributed by atoms with Crippen molar-refractivity contribution in [3.05, 3.63) is 17.8 Å². The molecule has 0 atom stereocenters. The first-order chi connectivity index (χ1) is 7.64. The Hall–Kier alpha value is -1.80. The van der Waals surface area contributed by atoms with Gasteiger partial charge in [0.15, 0.2) is 5.82 Å². The molecular formula is C11H14N4O. The molecule has 1 aliphatic rings. The third kappa shape index (κ3) is 1.92. The fourth-order valence-electron chi connectivity index (χ4n) is 1.72. The van der Waals surface area contributed by atoms with E-state index in [0.717, 1.165) is 19.3 Å². The van der Waals surface area contributed by atoms with Crippen molar-refractivity contribution in [3.63, 3.8) is 0 Å². The van der Waals surface area contributed by atoms with Crippen molar-refractivity contribution in [2.75, 3.05) is 17.6 Å². The standard InChI is InChI=1S/C11H14N4O/c12-6-8-2-5-14-10(9(8)13)15-7-11(16)3-1-4-11/h2,5,16H,1,3-4,7,13H2,(H,14,15). The predicted octanol–water partition coefficient (Wildman–Crippen LogP) is 0.862. The van der Waals surface area contributed by atoms with Gasteiger partial charge >= 0.3 is 0 Å². The van der Waals surface area contributed by atoms with E-state index >= 15 is 0 Å². The summed E-state index contributed by atoms with van der Waals surface area (Å²) in [6, 6.07) is 3.56. The summed E-state index contributed by atoms with van der Waals surface area (Å²) in [5.41, 5.74) is 5.87. The van der Waals surface area contributed by atoms with Gasteiger partial charge in [0.05, 0.1) is 16.9 Å². The number of aliphatic hydroxyl groups is 1. The molecule has 1 heterocycles. The van der Waals surface area contributed by atoms with Crippen LogP contribution in [0.3, 0.4) is 0 Å². The van der Waals surface area contributed by atoms with Crippen molar-refractivity contribution in [2.24, 2.45) is 0 Å². The molecule has 1 aliphatic carbocycles. The van der Waals surface area contributed by atoms with Gasteiger partial charge in [0.25, 0.3) is 0 Å². The molecule has 16 heavy (non-hydrogen) atoms. The molecule has 0 unspecified atom stereocenters. The van der Waals surface area contributed by atoms with Crippen LogP contribution in [0.1, 0.15) is 24.8 Å². The summed E-state index contributed by atoms with van der Waals surface area (Å²) in [4.78, 5) is 4.05. The molecule has 0 amide bonds. The van der Waals surface area contributed by atoms with Gasteiger partial charge in [0.1, 0.15) is 6.07 Å². The van der Waals surface area contributed by atoms with Gasteiger partial charge in [-0.05, 0) is 25.3 Å². The van der Waals surface area contributed by atoms with Gasteiger partial charge in [-0.2, -0.15) is 5.26 Å². The number of aromatic nitrogens is 1. The highest BCUT2D eigenvalue weighted by molar-refractivity contribution is 5.68. The van der Waals surface area contributed by atoms with Gasteiger partial charge in [0.2, 0.25) is 0 Å². The second-order valence-corrected chi connectivity index (χ2v) is 4.16. The summed E-state index contributed by atoms with van der Waals surface area (Å²) < 4.78 is 0. The lowest BCUT2D eigenvalue weighted by atomic mass is 9.80. The normalized spacial score (nSPS) is 17.2. The largest absolute Gasteiger partial charge is 0.395 e. The number of rotatable bonds is 3. The molecule has 2 rings (SSSR count). The summed E-state index contributed by atoms with van der Waals surface area (Å²) in [7, 11) is 0. The van der Waals surface area contributed by atoms with Gasteiger partial charge in [-0.15, -0.1) is 0 Å². The highest BCUT2D eigenvalue weighted by Gasteiger charge is 2.34. The van der Waals surface area contributed by atoms with Crippen LogP contribution in [0.5, 0.6) is 0 Å². The van der Waals surface area contributed by atoms with Crippen molar-refractivity contribution < 1.29 is 5.11 Å². The summed E-state index contributed by atoms with van der Waals surface area (Å²) in [5.74, 6) is 0.472. The minimum atomic E-state index is -0.628. The van der Waals surface area contributed by atoms with Crippen LogP contribution in [0.25, 0.3) is 0 Å². The van der Waals surface area contributed by atoms with Crippen molar-refractivity contribution in [1.29, 1.82) is 5.26 Å². The van der Waals surface area contributed by atoms with Crippen molar-refractivity contribution in [3.8, 4) is 6.07 Å². The zero-order valence-electron chi connectivity index (χ0n) is 8.90. The molecule has 1 aromatic heterocycles. The van der Waals surface area contributed by atoms with Crippen LogP contribution in [0.2, 0.25) is 0 Å². The molecule has 0 spiro atoms. The molecule has 0 radical (unpaired) electrons. The van der Waals surface area contributed by atoms with Crippen LogP contribution in [0.4, 0.5) is 11.5 Å². The minimum absolute atomic E-state index is 0.341. The molecular weight excluding hydrogens is 204 g/mol. The first-order valence-electron chi connectivity index (χ1n) is 5.25. The molecule has 0 bridgehead atoms. The fraction of sp³-hybridized carbons (Fsp3) is 0.455. The topological polar surface area (TPSA) is 95.0 Å². The van der Waals surface area contributed by atoms with Crippen LogP contribution in [-0.2, 0) is 0 Å². The molecule has 1 saturated carbocycles. The summed E-state index contributed by atoms with van der Waals surface area (Å²) >= 11 is 0. The monoisotopic (exact) mass is 218 g/mol. The Morgan fingerprint density at radius 1 is 1.62 bits per heavy atom. The van der Waals surface area contributed by atoms with Crippen molar-refractivity contribution in [2.45, 2.75) is 24.9 Å². The van der Waals surface area contributed by atoms with E-state index in [1.807, 2.05) is 6.07 Å². The Kier molecular flexibility index (Phi) is 2.67. The molecule has 4 N–H and O–H groups in total. The Balaban J connectivity index is 2.07. The number of nitrogen functional groups attached to an aromatic ring is 1. The highest BCUT2D eigenvalue weighted by atomic mass is 16.3. The Labute approximate surface area is 93.9 Å². The predicted molar refractivity (Wildman–Crippen MR) is 60.7 cm³/mol. The maximum atomic E-state index is 9.89. The minimum Gasteiger partial charge on any atom is -0.395 e. The number of hydrogen-bond acceptors (Lipinski definition) is 5. The van der Waals surface area contributed by atoms with E-state index in [-0.39, 0.29) is 0 Å². The van der Waals surface area contributed by atoms with Crippen LogP contribution < -0.4 is 11.1 Å². The van der Waals surface area contributed by atoms with Crippen LogP contribution in [0.15, 0.2) is 12.3 Å². The zero-order valence-corrected chi connectivity index (χ0v) is 8.90. The van der Waals surface area contributed by atoms with Crippen LogP contribution in [0, 0.1) is 11.3 Å². The Morgan fingerprint density at radius 3 is 2.94 bits per heavy atom. The molecule has 0 aliphatic heterocycles. The number of pyridine rings is 1. The van der Waals surface area contributed by atoms with Gasteiger partial charge in [0, 0.05) is 12.7 Å². The van der Waals surface area contributed by atoms with Crippen LogP contribution >= 0.6 is 0 Å². The number of anilines is 2. The van der Waals surface area contributed by atoms with E-state index in [9.17, 15) is 5.11 Å². The third-order valence-corrected chi connectivity index (χ3v) is 2.98. The third-order valence-electron chi connectivity index (χ3n) is 2.98. The van der Waals surface area contributed by atoms with Crippen LogP contribution in [-0.4, -0.2) is 22.2 Å². The molecule has 0 aromatic carbocycles. The molecule has 1 aromatic rings. The van der Waals surface area contributed by atoms with Gasteiger partial charge in [-0.25, -0.2) is 4.98 Å². The van der Waals surface area contributed by atoms with E-state index < -0.39 is 5.60 Å². The summed E-state index contributed by atoms with van der Waals surface area (Å²) in [6.45, 7) is 0.430. The second kappa shape index (κ2) is 3.99. The molecule has 5 nitrogen and oxygen atoms in total. The quantitative estimate of drug-likeness (QED) is 0.699. The molecule has 5 heteroatoms. The lowest BCUT2D eigenvalue weighted by Gasteiger charge is -2.36. The van der Waals surface area contributed by atoms with E-state index in [1.54, 1.807) is 6.07 Å². The lowest BCUT2D eigenvalue weighted by molar-refractivity contribution is -0.0202. The summed E-state index contributed by atoms with van der Waals surface area (Å²) in [6.07, 6.45) is 4.19. The number of hydrogen-bond donors (Lipinski definition) is 3. The Bertz CT molecular complexity index is 434. The number of nitrogens with one attached hydrogen (secondary N) is 1. The average molecular weight is 218 g/mol. The first kappa shape index (κ1) is 10.7. The summed E-state index contributed by atoms with van der Waals surface area (Å²) in [5, 5.41) is 21.7. The average Bonchev–Trinajstić information content (AvgIpc) is 2.25. The smallest absolute Gasteiger partial charge is 0.150 e. The van der Waals surface area contributed by atoms with Gasteiger partial charge in [-0.1, -0.05) is 0 Å². The fourth-order valence-corrected chi connectivity index (χ4v) is 1.72. The van der Waals surface area contributed by atoms with Crippen molar-refractivity contribution in [1.82, 2.24) is 4.98 Å².